The molecular weight excluding hydrogens is 290 g/mol. The second-order valence-electron chi connectivity index (χ2n) is 5.75. The average Bonchev–Trinajstić information content (AvgIpc) is 2.97. The molecule has 3 heterocycles. The maximum atomic E-state index is 5.78. The van der Waals surface area contributed by atoms with Gasteiger partial charge in [-0.25, -0.2) is 9.50 Å². The molecule has 3 aromatic rings. The minimum absolute atomic E-state index is 0.707. The van der Waals surface area contributed by atoms with E-state index in [1.165, 1.54) is 0 Å². The zero-order chi connectivity index (χ0) is 15.8. The van der Waals surface area contributed by atoms with Gasteiger partial charge < -0.3 is 15.4 Å². The largest absolute Gasteiger partial charge is 0.399 e. The Bertz CT molecular complexity index is 834. The van der Waals surface area contributed by atoms with Crippen molar-refractivity contribution in [3.8, 4) is 11.4 Å². The predicted octanol–water partition coefficient (Wildman–Crippen LogP) is 2.12. The molecular formula is C17H19N5O. The molecule has 2 aromatic heterocycles. The number of ether oxygens (including phenoxy) is 1. The van der Waals surface area contributed by atoms with Crippen LogP contribution in [-0.2, 0) is 4.74 Å². The van der Waals surface area contributed by atoms with Gasteiger partial charge in [-0.1, -0.05) is 0 Å². The van der Waals surface area contributed by atoms with Gasteiger partial charge in [0.25, 0.3) is 0 Å². The molecule has 0 bridgehead atoms. The summed E-state index contributed by atoms with van der Waals surface area (Å²) in [5.41, 5.74) is 9.60. The normalized spacial score (nSPS) is 15.3. The molecule has 0 radical (unpaired) electrons. The molecule has 0 saturated carbocycles. The number of hydrogen-bond acceptors (Lipinski definition) is 5. The van der Waals surface area contributed by atoms with Crippen LogP contribution in [-0.4, -0.2) is 40.9 Å². The molecule has 0 atom stereocenters. The molecule has 1 aromatic carbocycles. The van der Waals surface area contributed by atoms with Gasteiger partial charge in [-0.2, -0.15) is 0 Å². The van der Waals surface area contributed by atoms with Crippen LogP contribution in [0.5, 0.6) is 0 Å². The summed E-state index contributed by atoms with van der Waals surface area (Å²) in [6.45, 7) is 5.20. The standard InChI is InChI=1S/C17H19N5O/c1-12-2-7-15-17(21-8-10-23-11-9-21)19-16(20-22(12)15)13-3-5-14(18)6-4-13/h2-7H,8-11,18H2,1H3. The molecule has 0 amide bonds. The van der Waals surface area contributed by atoms with Gasteiger partial charge in [0.1, 0.15) is 5.52 Å². The number of hydrogen-bond donors (Lipinski definition) is 1. The molecule has 1 aliphatic rings. The molecule has 1 fully saturated rings. The number of aromatic nitrogens is 3. The molecule has 6 nitrogen and oxygen atoms in total. The number of nitrogens with two attached hydrogens (primary N) is 1. The third kappa shape index (κ3) is 2.51. The first kappa shape index (κ1) is 14.0. The number of anilines is 2. The lowest BCUT2D eigenvalue weighted by molar-refractivity contribution is 0.122. The molecule has 0 aliphatic carbocycles. The Morgan fingerprint density at radius 1 is 1.04 bits per heavy atom. The summed E-state index contributed by atoms with van der Waals surface area (Å²) in [5.74, 6) is 1.67. The molecule has 23 heavy (non-hydrogen) atoms. The summed E-state index contributed by atoms with van der Waals surface area (Å²) in [7, 11) is 0. The van der Waals surface area contributed by atoms with Crippen molar-refractivity contribution in [2.45, 2.75) is 6.92 Å². The second-order valence-corrected chi connectivity index (χ2v) is 5.75. The van der Waals surface area contributed by atoms with Crippen molar-refractivity contribution in [2.24, 2.45) is 0 Å². The number of nitrogens with zero attached hydrogens (tertiary/aromatic N) is 4. The Balaban J connectivity index is 1.88. The van der Waals surface area contributed by atoms with Gasteiger partial charge >= 0.3 is 0 Å². The quantitative estimate of drug-likeness (QED) is 0.734. The first-order chi connectivity index (χ1) is 11.2. The zero-order valence-corrected chi connectivity index (χ0v) is 13.1. The summed E-state index contributed by atoms with van der Waals surface area (Å²) >= 11 is 0. The minimum Gasteiger partial charge on any atom is -0.399 e. The van der Waals surface area contributed by atoms with E-state index in [1.807, 2.05) is 28.8 Å². The van der Waals surface area contributed by atoms with Crippen LogP contribution in [0, 0.1) is 6.92 Å². The van der Waals surface area contributed by atoms with Crippen LogP contribution >= 0.6 is 0 Å². The van der Waals surface area contributed by atoms with E-state index in [0.29, 0.717) is 5.82 Å². The fourth-order valence-corrected chi connectivity index (χ4v) is 2.87. The fourth-order valence-electron chi connectivity index (χ4n) is 2.87. The van der Waals surface area contributed by atoms with Gasteiger partial charge in [0.2, 0.25) is 0 Å². The van der Waals surface area contributed by atoms with Crippen molar-refractivity contribution in [1.82, 2.24) is 14.6 Å². The van der Waals surface area contributed by atoms with E-state index in [9.17, 15) is 0 Å². The lowest BCUT2D eigenvalue weighted by Gasteiger charge is -2.28. The van der Waals surface area contributed by atoms with Gasteiger partial charge in [0, 0.05) is 30.0 Å². The van der Waals surface area contributed by atoms with E-state index in [0.717, 1.165) is 54.6 Å². The zero-order valence-electron chi connectivity index (χ0n) is 13.1. The van der Waals surface area contributed by atoms with E-state index >= 15 is 0 Å². The Morgan fingerprint density at radius 3 is 2.52 bits per heavy atom. The lowest BCUT2D eigenvalue weighted by atomic mass is 10.2. The summed E-state index contributed by atoms with van der Waals surface area (Å²) in [5, 5.41) is 4.70. The highest BCUT2D eigenvalue weighted by molar-refractivity contribution is 5.72. The molecule has 1 saturated heterocycles. The maximum absolute atomic E-state index is 5.78. The van der Waals surface area contributed by atoms with E-state index in [2.05, 4.69) is 24.0 Å². The number of fused-ring (bicyclic) bond motifs is 1. The van der Waals surface area contributed by atoms with Gasteiger partial charge in [-0.05, 0) is 43.3 Å². The number of aryl methyl sites for hydroxylation is 1. The van der Waals surface area contributed by atoms with Crippen molar-refractivity contribution < 1.29 is 4.74 Å². The van der Waals surface area contributed by atoms with Crippen LogP contribution in [0.1, 0.15) is 5.69 Å². The highest BCUT2D eigenvalue weighted by atomic mass is 16.5. The first-order valence-corrected chi connectivity index (χ1v) is 7.77. The van der Waals surface area contributed by atoms with Gasteiger partial charge in [0.05, 0.1) is 13.2 Å². The third-order valence-corrected chi connectivity index (χ3v) is 4.16. The topological polar surface area (TPSA) is 68.7 Å². The highest BCUT2D eigenvalue weighted by Gasteiger charge is 2.19. The number of benzene rings is 1. The van der Waals surface area contributed by atoms with Crippen molar-refractivity contribution >= 4 is 17.0 Å². The van der Waals surface area contributed by atoms with E-state index in [-0.39, 0.29) is 0 Å². The summed E-state index contributed by atoms with van der Waals surface area (Å²) in [6, 6.07) is 11.8. The van der Waals surface area contributed by atoms with E-state index in [4.69, 9.17) is 20.6 Å². The number of nitrogen functional groups attached to an aromatic ring is 1. The summed E-state index contributed by atoms with van der Waals surface area (Å²) in [4.78, 5) is 7.10. The van der Waals surface area contributed by atoms with Crippen molar-refractivity contribution in [3.63, 3.8) is 0 Å². The molecule has 2 N–H and O–H groups in total. The lowest BCUT2D eigenvalue weighted by Crippen LogP contribution is -2.37. The van der Waals surface area contributed by atoms with Crippen LogP contribution in [0.15, 0.2) is 36.4 Å². The van der Waals surface area contributed by atoms with Gasteiger partial charge in [-0.15, -0.1) is 5.10 Å². The van der Waals surface area contributed by atoms with Crippen molar-refractivity contribution in [2.75, 3.05) is 36.9 Å². The highest BCUT2D eigenvalue weighted by Crippen LogP contribution is 2.26. The van der Waals surface area contributed by atoms with Crippen LogP contribution in [0.3, 0.4) is 0 Å². The van der Waals surface area contributed by atoms with Gasteiger partial charge in [-0.3, -0.25) is 0 Å². The summed E-state index contributed by atoms with van der Waals surface area (Å²) in [6.07, 6.45) is 0. The Kier molecular flexibility index (Phi) is 3.38. The summed E-state index contributed by atoms with van der Waals surface area (Å²) < 4.78 is 7.42. The predicted molar refractivity (Wildman–Crippen MR) is 90.6 cm³/mol. The van der Waals surface area contributed by atoms with E-state index < -0.39 is 0 Å². The first-order valence-electron chi connectivity index (χ1n) is 7.77. The molecule has 1 aliphatic heterocycles. The third-order valence-electron chi connectivity index (χ3n) is 4.16. The van der Waals surface area contributed by atoms with Crippen LogP contribution in [0.2, 0.25) is 0 Å². The Labute approximate surface area is 134 Å². The molecule has 118 valence electrons. The number of morpholine rings is 1. The van der Waals surface area contributed by atoms with Gasteiger partial charge in [0.15, 0.2) is 11.6 Å². The van der Waals surface area contributed by atoms with Crippen molar-refractivity contribution in [3.05, 3.63) is 42.1 Å². The maximum Gasteiger partial charge on any atom is 0.182 e. The van der Waals surface area contributed by atoms with E-state index in [1.54, 1.807) is 0 Å². The molecule has 0 spiro atoms. The average molecular weight is 309 g/mol. The fraction of sp³-hybridized carbons (Fsp3) is 0.294. The van der Waals surface area contributed by atoms with Crippen LogP contribution in [0.25, 0.3) is 16.9 Å². The van der Waals surface area contributed by atoms with Crippen molar-refractivity contribution in [1.29, 1.82) is 0 Å². The Morgan fingerprint density at radius 2 is 1.78 bits per heavy atom. The molecule has 4 rings (SSSR count). The minimum atomic E-state index is 0.707. The number of rotatable bonds is 2. The van der Waals surface area contributed by atoms with Crippen LogP contribution in [0.4, 0.5) is 11.5 Å². The monoisotopic (exact) mass is 309 g/mol. The Hall–Kier alpha value is -2.60. The second kappa shape index (κ2) is 5.55. The molecule has 0 unspecified atom stereocenters. The molecule has 6 heteroatoms. The SMILES string of the molecule is Cc1ccc2c(N3CCOCC3)nc(-c3ccc(N)cc3)nn12. The van der Waals surface area contributed by atoms with Crippen LogP contribution < -0.4 is 10.6 Å². The smallest absolute Gasteiger partial charge is 0.182 e.